The van der Waals surface area contributed by atoms with Gasteiger partial charge in [-0.3, -0.25) is 9.48 Å². The van der Waals surface area contributed by atoms with Gasteiger partial charge in [0.1, 0.15) is 23.3 Å². The summed E-state index contributed by atoms with van der Waals surface area (Å²) in [5.74, 6) is 0.416. The summed E-state index contributed by atoms with van der Waals surface area (Å²) in [6.07, 6.45) is 3.56. The van der Waals surface area contributed by atoms with Crippen LogP contribution in [-0.4, -0.2) is 20.6 Å². The molecule has 4 aromatic rings. The van der Waals surface area contributed by atoms with Crippen LogP contribution in [0.25, 0.3) is 11.3 Å². The van der Waals surface area contributed by atoms with E-state index < -0.39 is 5.82 Å². The molecule has 5 rings (SSSR count). The Labute approximate surface area is 182 Å². The zero-order chi connectivity index (χ0) is 22.2. The number of nitriles is 1. The SMILES string of the molecule is Cn1cc(-c2ccc(CN3Cc4cccc(Oc5c(F)cccc5C#N)c4C3=O)o2)cn1. The van der Waals surface area contributed by atoms with E-state index in [4.69, 9.17) is 9.15 Å². The van der Waals surface area contributed by atoms with Crippen LogP contribution in [0.4, 0.5) is 4.39 Å². The molecule has 2 aromatic heterocycles. The lowest BCUT2D eigenvalue weighted by Crippen LogP contribution is -2.23. The first-order valence-electron chi connectivity index (χ1n) is 9.89. The van der Waals surface area contributed by atoms with Gasteiger partial charge >= 0.3 is 0 Å². The Morgan fingerprint density at radius 3 is 2.84 bits per heavy atom. The number of halogens is 1. The fourth-order valence-electron chi connectivity index (χ4n) is 3.76. The summed E-state index contributed by atoms with van der Waals surface area (Å²) in [5, 5.41) is 13.4. The van der Waals surface area contributed by atoms with E-state index in [0.717, 1.165) is 11.1 Å². The van der Waals surface area contributed by atoms with E-state index in [1.807, 2.05) is 37.5 Å². The van der Waals surface area contributed by atoms with Crippen LogP contribution in [0.15, 0.2) is 65.3 Å². The highest BCUT2D eigenvalue weighted by Crippen LogP contribution is 2.36. The fourth-order valence-corrected chi connectivity index (χ4v) is 3.76. The molecule has 32 heavy (non-hydrogen) atoms. The summed E-state index contributed by atoms with van der Waals surface area (Å²) < 4.78 is 27.6. The minimum atomic E-state index is -0.664. The van der Waals surface area contributed by atoms with Crippen LogP contribution in [0.1, 0.15) is 27.2 Å². The molecule has 0 atom stereocenters. The zero-order valence-electron chi connectivity index (χ0n) is 17.1. The standard InChI is InChI=1S/C24H17FN4O3/c1-28-12-17(11-27-28)20-9-8-18(31-20)14-29-13-16-5-3-7-21(22(16)24(29)30)32-23-15(10-26)4-2-6-19(23)25/h2-9,11-12H,13-14H2,1H3. The van der Waals surface area contributed by atoms with Crippen LogP contribution in [0.5, 0.6) is 11.5 Å². The average molecular weight is 428 g/mol. The minimum Gasteiger partial charge on any atom is -0.459 e. The van der Waals surface area contributed by atoms with Gasteiger partial charge in [-0.05, 0) is 35.9 Å². The lowest BCUT2D eigenvalue weighted by atomic mass is 10.1. The van der Waals surface area contributed by atoms with Gasteiger partial charge in [0.25, 0.3) is 5.91 Å². The topological polar surface area (TPSA) is 84.3 Å². The van der Waals surface area contributed by atoms with E-state index in [0.29, 0.717) is 23.6 Å². The third-order valence-electron chi connectivity index (χ3n) is 5.27. The maximum absolute atomic E-state index is 14.3. The number of rotatable bonds is 5. The maximum atomic E-state index is 14.3. The molecule has 1 aliphatic heterocycles. The summed E-state index contributed by atoms with van der Waals surface area (Å²) in [6.45, 7) is 0.646. The number of amides is 1. The predicted molar refractivity (Wildman–Crippen MR) is 112 cm³/mol. The molecular formula is C24H17FN4O3. The molecule has 0 radical (unpaired) electrons. The Kier molecular flexibility index (Phi) is 4.71. The second-order valence-corrected chi connectivity index (χ2v) is 7.45. The van der Waals surface area contributed by atoms with Gasteiger partial charge in [-0.15, -0.1) is 0 Å². The van der Waals surface area contributed by atoms with Crippen molar-refractivity contribution in [1.82, 2.24) is 14.7 Å². The second kappa shape index (κ2) is 7.71. The molecule has 158 valence electrons. The average Bonchev–Trinajstić information content (AvgIpc) is 3.50. The third-order valence-corrected chi connectivity index (χ3v) is 5.27. The molecule has 0 unspecified atom stereocenters. The summed E-state index contributed by atoms with van der Waals surface area (Å²) in [6, 6.07) is 14.9. The van der Waals surface area contributed by atoms with Crippen LogP contribution >= 0.6 is 0 Å². The molecule has 0 fully saturated rings. The molecule has 1 amide bonds. The Hall–Kier alpha value is -4.38. The molecule has 0 bridgehead atoms. The molecule has 0 spiro atoms. The molecule has 0 saturated heterocycles. The highest BCUT2D eigenvalue weighted by atomic mass is 19.1. The number of aryl methyl sites for hydroxylation is 1. The number of hydrogen-bond donors (Lipinski definition) is 0. The second-order valence-electron chi connectivity index (χ2n) is 7.45. The summed E-state index contributed by atoms with van der Waals surface area (Å²) in [5.41, 5.74) is 2.03. The molecule has 0 N–H and O–H groups in total. The molecule has 7 nitrogen and oxygen atoms in total. The first-order chi connectivity index (χ1) is 15.5. The fraction of sp³-hybridized carbons (Fsp3) is 0.125. The normalized spacial score (nSPS) is 12.7. The lowest BCUT2D eigenvalue weighted by molar-refractivity contribution is 0.0754. The van der Waals surface area contributed by atoms with Gasteiger partial charge in [0.05, 0.1) is 29.4 Å². The summed E-state index contributed by atoms with van der Waals surface area (Å²) in [4.78, 5) is 14.8. The molecule has 0 saturated carbocycles. The third kappa shape index (κ3) is 3.40. The van der Waals surface area contributed by atoms with Gasteiger partial charge in [0.2, 0.25) is 0 Å². The van der Waals surface area contributed by atoms with Crippen LogP contribution in [0.2, 0.25) is 0 Å². The Bertz CT molecular complexity index is 1380. The van der Waals surface area contributed by atoms with Crippen molar-refractivity contribution >= 4 is 5.91 Å². The number of carbonyl (C=O) groups excluding carboxylic acids is 1. The minimum absolute atomic E-state index is 0.0587. The summed E-state index contributed by atoms with van der Waals surface area (Å²) >= 11 is 0. The number of para-hydroxylation sites is 1. The van der Waals surface area contributed by atoms with Crippen molar-refractivity contribution in [3.8, 4) is 28.9 Å². The molecule has 3 heterocycles. The predicted octanol–water partition coefficient (Wildman–Crippen LogP) is 4.64. The first-order valence-corrected chi connectivity index (χ1v) is 9.89. The molecule has 2 aromatic carbocycles. The van der Waals surface area contributed by atoms with Gasteiger partial charge in [-0.2, -0.15) is 10.4 Å². The van der Waals surface area contributed by atoms with Crippen molar-refractivity contribution in [3.05, 3.63) is 89.2 Å². The molecule has 1 aliphatic rings. The van der Waals surface area contributed by atoms with Crippen molar-refractivity contribution < 1.29 is 18.3 Å². The number of benzene rings is 2. The Morgan fingerprint density at radius 1 is 1.22 bits per heavy atom. The van der Waals surface area contributed by atoms with Crippen molar-refractivity contribution in [1.29, 1.82) is 5.26 Å². The van der Waals surface area contributed by atoms with E-state index in [2.05, 4.69) is 5.10 Å². The highest BCUT2D eigenvalue weighted by Gasteiger charge is 2.32. The number of hydrogen-bond acceptors (Lipinski definition) is 5. The smallest absolute Gasteiger partial charge is 0.258 e. The van der Waals surface area contributed by atoms with Crippen molar-refractivity contribution in [2.24, 2.45) is 7.05 Å². The number of furan rings is 1. The number of ether oxygens (including phenoxy) is 1. The van der Waals surface area contributed by atoms with Gasteiger partial charge in [-0.25, -0.2) is 4.39 Å². The van der Waals surface area contributed by atoms with Crippen LogP contribution in [0.3, 0.4) is 0 Å². The number of carbonyl (C=O) groups is 1. The van der Waals surface area contributed by atoms with Crippen molar-refractivity contribution in [2.75, 3.05) is 0 Å². The Morgan fingerprint density at radius 2 is 2.06 bits per heavy atom. The highest BCUT2D eigenvalue weighted by molar-refractivity contribution is 6.01. The Balaban J connectivity index is 1.39. The van der Waals surface area contributed by atoms with Gasteiger partial charge in [0.15, 0.2) is 11.6 Å². The van der Waals surface area contributed by atoms with E-state index in [1.165, 1.54) is 18.2 Å². The number of aromatic nitrogens is 2. The maximum Gasteiger partial charge on any atom is 0.258 e. The van der Waals surface area contributed by atoms with Gasteiger partial charge in [0, 0.05) is 19.8 Å². The molecule has 8 heteroatoms. The van der Waals surface area contributed by atoms with E-state index >= 15 is 0 Å². The van der Waals surface area contributed by atoms with Crippen molar-refractivity contribution in [3.63, 3.8) is 0 Å². The largest absolute Gasteiger partial charge is 0.459 e. The zero-order valence-corrected chi connectivity index (χ0v) is 17.1. The lowest BCUT2D eigenvalue weighted by Gasteiger charge is -2.14. The van der Waals surface area contributed by atoms with Crippen LogP contribution < -0.4 is 4.74 Å². The first kappa shape index (κ1) is 19.6. The van der Waals surface area contributed by atoms with E-state index in [9.17, 15) is 14.4 Å². The number of fused-ring (bicyclic) bond motifs is 1. The quantitative estimate of drug-likeness (QED) is 0.462. The number of nitrogens with zero attached hydrogens (tertiary/aromatic N) is 4. The van der Waals surface area contributed by atoms with E-state index in [-0.39, 0.29) is 29.5 Å². The van der Waals surface area contributed by atoms with Crippen molar-refractivity contribution in [2.45, 2.75) is 13.1 Å². The van der Waals surface area contributed by atoms with E-state index in [1.54, 1.807) is 27.9 Å². The molecular weight excluding hydrogens is 411 g/mol. The van der Waals surface area contributed by atoms with Crippen LogP contribution in [-0.2, 0) is 20.1 Å². The van der Waals surface area contributed by atoms with Gasteiger partial charge in [-0.1, -0.05) is 18.2 Å². The van der Waals surface area contributed by atoms with Gasteiger partial charge < -0.3 is 14.1 Å². The monoisotopic (exact) mass is 428 g/mol. The van der Waals surface area contributed by atoms with Crippen LogP contribution in [0, 0.1) is 17.1 Å². The molecule has 0 aliphatic carbocycles. The summed E-state index contributed by atoms with van der Waals surface area (Å²) in [7, 11) is 1.83.